The number of hydrogen-bond donors (Lipinski definition) is 0. The molecule has 4 heterocycles. The van der Waals surface area contributed by atoms with Gasteiger partial charge in [0, 0.05) is 57.8 Å². The largest absolute Gasteiger partial charge is 0.356 e. The van der Waals surface area contributed by atoms with Crippen LogP contribution in [0.15, 0.2) is 24.7 Å². The molecule has 0 aliphatic carbocycles. The quantitative estimate of drug-likeness (QED) is 0.692. The minimum absolute atomic E-state index is 0.0125. The van der Waals surface area contributed by atoms with Crippen LogP contribution in [0.3, 0.4) is 0 Å². The van der Waals surface area contributed by atoms with E-state index in [9.17, 15) is 4.79 Å². The molecule has 0 saturated carbocycles. The van der Waals surface area contributed by atoms with Crippen LogP contribution >= 0.6 is 0 Å². The van der Waals surface area contributed by atoms with Crippen molar-refractivity contribution in [2.75, 3.05) is 31.6 Å². The van der Waals surface area contributed by atoms with Crippen LogP contribution < -0.4 is 4.90 Å². The smallest absolute Gasteiger partial charge is 0.273 e. The van der Waals surface area contributed by atoms with E-state index >= 15 is 0 Å². The van der Waals surface area contributed by atoms with E-state index in [0.717, 1.165) is 55.3 Å². The predicted molar refractivity (Wildman–Crippen MR) is 108 cm³/mol. The lowest BCUT2D eigenvalue weighted by atomic mass is 9.96. The molecule has 8 heteroatoms. The number of aryl methyl sites for hydroxylation is 3. The molecule has 0 N–H and O–H groups in total. The number of amides is 1. The van der Waals surface area contributed by atoms with Crippen molar-refractivity contribution in [3.05, 3.63) is 41.7 Å². The van der Waals surface area contributed by atoms with Gasteiger partial charge in [-0.25, -0.2) is 9.97 Å². The first-order valence-corrected chi connectivity index (χ1v) is 9.73. The molecule has 148 valence electrons. The molecule has 4 rings (SSSR count). The summed E-state index contributed by atoms with van der Waals surface area (Å²) in [5, 5.41) is 4.61. The van der Waals surface area contributed by atoms with Crippen molar-refractivity contribution in [3.63, 3.8) is 0 Å². The Hall–Kier alpha value is -2.90. The number of imidazole rings is 1. The molecular formula is C20H27N7O. The summed E-state index contributed by atoms with van der Waals surface area (Å²) >= 11 is 0. The summed E-state index contributed by atoms with van der Waals surface area (Å²) in [6, 6.07) is 4.12. The molecular weight excluding hydrogens is 354 g/mol. The summed E-state index contributed by atoms with van der Waals surface area (Å²) in [5.74, 6) is 1.58. The molecule has 0 aromatic carbocycles. The minimum Gasteiger partial charge on any atom is -0.356 e. The molecule has 0 unspecified atom stereocenters. The molecule has 0 spiro atoms. The first-order valence-electron chi connectivity index (χ1n) is 9.73. The van der Waals surface area contributed by atoms with Crippen molar-refractivity contribution in [1.29, 1.82) is 0 Å². The molecule has 28 heavy (non-hydrogen) atoms. The third-order valence-electron chi connectivity index (χ3n) is 5.40. The molecule has 1 aliphatic rings. The number of fused-ring (bicyclic) bond motifs is 1. The van der Waals surface area contributed by atoms with E-state index < -0.39 is 0 Å². The highest BCUT2D eigenvalue weighted by atomic mass is 16.2. The van der Waals surface area contributed by atoms with E-state index in [4.69, 9.17) is 0 Å². The van der Waals surface area contributed by atoms with Crippen LogP contribution in [0.25, 0.3) is 5.65 Å². The number of aromatic nitrogens is 5. The van der Waals surface area contributed by atoms with Gasteiger partial charge in [-0.2, -0.15) is 9.61 Å². The lowest BCUT2D eigenvalue weighted by molar-refractivity contribution is 0.0759. The van der Waals surface area contributed by atoms with Gasteiger partial charge >= 0.3 is 0 Å². The Morgan fingerprint density at radius 3 is 2.64 bits per heavy atom. The monoisotopic (exact) mass is 381 g/mol. The molecule has 1 amide bonds. The van der Waals surface area contributed by atoms with Gasteiger partial charge in [-0.05, 0) is 32.6 Å². The van der Waals surface area contributed by atoms with E-state index in [2.05, 4.69) is 26.0 Å². The van der Waals surface area contributed by atoms with Crippen LogP contribution in [-0.4, -0.2) is 61.6 Å². The molecule has 0 radical (unpaired) electrons. The molecule has 0 bridgehead atoms. The van der Waals surface area contributed by atoms with Crippen LogP contribution in [0.2, 0.25) is 0 Å². The van der Waals surface area contributed by atoms with E-state index in [0.29, 0.717) is 11.6 Å². The third kappa shape index (κ3) is 3.58. The number of hydrogen-bond acceptors (Lipinski definition) is 5. The standard InChI is InChI=1S/C20H27N7O/c1-14-10-19(27-18(22-14)9-15(2)23-27)26-7-5-16(6-8-26)11-25(4)20(28)17-12-24(3)13-21-17/h9-10,12-13,16H,5-8,11H2,1-4H3. The highest BCUT2D eigenvalue weighted by Gasteiger charge is 2.25. The van der Waals surface area contributed by atoms with Crippen molar-refractivity contribution in [1.82, 2.24) is 29.0 Å². The average Bonchev–Trinajstić information content (AvgIpc) is 3.25. The topological polar surface area (TPSA) is 71.6 Å². The molecule has 1 fully saturated rings. The van der Waals surface area contributed by atoms with E-state index in [1.54, 1.807) is 22.0 Å². The zero-order valence-electron chi connectivity index (χ0n) is 17.0. The van der Waals surface area contributed by atoms with Gasteiger partial charge in [0.1, 0.15) is 11.5 Å². The molecule has 0 atom stereocenters. The summed E-state index contributed by atoms with van der Waals surface area (Å²) in [6.45, 7) is 6.68. The normalized spacial score (nSPS) is 15.4. The number of carbonyl (C=O) groups is 1. The van der Waals surface area contributed by atoms with Crippen molar-refractivity contribution in [3.8, 4) is 0 Å². The van der Waals surface area contributed by atoms with Crippen LogP contribution in [0, 0.1) is 19.8 Å². The van der Waals surface area contributed by atoms with Gasteiger partial charge in [0.25, 0.3) is 5.91 Å². The molecule has 1 aliphatic heterocycles. The van der Waals surface area contributed by atoms with Crippen molar-refractivity contribution in [2.45, 2.75) is 26.7 Å². The van der Waals surface area contributed by atoms with Crippen molar-refractivity contribution in [2.24, 2.45) is 13.0 Å². The van der Waals surface area contributed by atoms with Gasteiger partial charge in [0.15, 0.2) is 5.65 Å². The Labute approximate surface area is 164 Å². The number of rotatable bonds is 4. The van der Waals surface area contributed by atoms with Crippen molar-refractivity contribution >= 4 is 17.4 Å². The van der Waals surface area contributed by atoms with Crippen LogP contribution in [0.1, 0.15) is 34.7 Å². The molecule has 3 aromatic heterocycles. The van der Waals surface area contributed by atoms with Gasteiger partial charge in [-0.15, -0.1) is 0 Å². The molecule has 8 nitrogen and oxygen atoms in total. The second kappa shape index (κ2) is 7.26. The second-order valence-electron chi connectivity index (χ2n) is 7.85. The first-order chi connectivity index (χ1) is 13.4. The highest BCUT2D eigenvalue weighted by molar-refractivity contribution is 5.91. The van der Waals surface area contributed by atoms with Gasteiger partial charge < -0.3 is 14.4 Å². The predicted octanol–water partition coefficient (Wildman–Crippen LogP) is 2.07. The zero-order chi connectivity index (χ0) is 19.8. The lowest BCUT2D eigenvalue weighted by Gasteiger charge is -2.35. The number of nitrogens with zero attached hydrogens (tertiary/aromatic N) is 7. The minimum atomic E-state index is -0.0125. The Morgan fingerprint density at radius 2 is 1.96 bits per heavy atom. The highest BCUT2D eigenvalue weighted by Crippen LogP contribution is 2.25. The Kier molecular flexibility index (Phi) is 4.78. The van der Waals surface area contributed by atoms with Gasteiger partial charge in [0.2, 0.25) is 0 Å². The fraction of sp³-hybridized carbons (Fsp3) is 0.500. The van der Waals surface area contributed by atoms with E-state index in [-0.39, 0.29) is 5.91 Å². The Balaban J connectivity index is 1.40. The molecule has 3 aromatic rings. The average molecular weight is 381 g/mol. The van der Waals surface area contributed by atoms with Crippen LogP contribution in [0.4, 0.5) is 5.82 Å². The summed E-state index contributed by atoms with van der Waals surface area (Å²) in [4.78, 5) is 25.5. The van der Waals surface area contributed by atoms with Gasteiger partial charge in [0.05, 0.1) is 12.0 Å². The maximum atomic E-state index is 12.5. The summed E-state index contributed by atoms with van der Waals surface area (Å²) < 4.78 is 3.74. The van der Waals surface area contributed by atoms with Gasteiger partial charge in [-0.1, -0.05) is 0 Å². The Bertz CT molecular complexity index is 997. The number of anilines is 1. The van der Waals surface area contributed by atoms with Crippen LogP contribution in [-0.2, 0) is 7.05 Å². The number of piperidine rings is 1. The number of carbonyl (C=O) groups excluding carboxylic acids is 1. The molecule has 1 saturated heterocycles. The second-order valence-corrected chi connectivity index (χ2v) is 7.85. The summed E-state index contributed by atoms with van der Waals surface area (Å²) in [6.07, 6.45) is 5.52. The first kappa shape index (κ1) is 18.5. The zero-order valence-corrected chi connectivity index (χ0v) is 17.0. The van der Waals surface area contributed by atoms with E-state index in [1.165, 1.54) is 0 Å². The summed E-state index contributed by atoms with van der Waals surface area (Å²) in [7, 11) is 3.74. The van der Waals surface area contributed by atoms with E-state index in [1.807, 2.05) is 38.5 Å². The third-order valence-corrected chi connectivity index (χ3v) is 5.40. The lowest BCUT2D eigenvalue weighted by Crippen LogP contribution is -2.40. The SMILES string of the molecule is Cc1cc(N2CCC(CN(C)C(=O)c3cn(C)cn3)CC2)n2nc(C)cc2n1. The fourth-order valence-corrected chi connectivity index (χ4v) is 3.95. The maximum Gasteiger partial charge on any atom is 0.273 e. The fourth-order valence-electron chi connectivity index (χ4n) is 3.95. The van der Waals surface area contributed by atoms with Crippen LogP contribution in [0.5, 0.6) is 0 Å². The maximum absolute atomic E-state index is 12.5. The summed E-state index contributed by atoms with van der Waals surface area (Å²) in [5.41, 5.74) is 3.38. The Morgan fingerprint density at radius 1 is 1.21 bits per heavy atom. The van der Waals surface area contributed by atoms with Gasteiger partial charge in [-0.3, -0.25) is 4.79 Å². The van der Waals surface area contributed by atoms with Crippen molar-refractivity contribution < 1.29 is 4.79 Å².